The summed E-state index contributed by atoms with van der Waals surface area (Å²) in [4.78, 5) is 16.9. The molecule has 0 bridgehead atoms. The average Bonchev–Trinajstić information content (AvgIpc) is 2.34. The number of hydrogen-bond acceptors (Lipinski definition) is 4. The molecule has 0 aromatic carbocycles. The van der Waals surface area contributed by atoms with Crippen molar-refractivity contribution in [2.24, 2.45) is 0 Å². The van der Waals surface area contributed by atoms with Gasteiger partial charge in [0.2, 0.25) is 0 Å². The summed E-state index contributed by atoms with van der Waals surface area (Å²) >= 11 is 0. The summed E-state index contributed by atoms with van der Waals surface area (Å²) in [7, 11) is 4.14. The van der Waals surface area contributed by atoms with Crippen LogP contribution in [0.1, 0.15) is 28.9 Å². The number of carbonyl (C=O) groups is 1. The molecule has 1 aromatic heterocycles. The summed E-state index contributed by atoms with van der Waals surface area (Å²) in [5.41, 5.74) is 1.09. The molecule has 1 rings (SSSR count). The van der Waals surface area contributed by atoms with Crippen molar-refractivity contribution in [3.63, 3.8) is 0 Å². The fraction of sp³-hybridized carbons (Fsp3) is 0.538. The first-order valence-electron chi connectivity index (χ1n) is 6.13. The minimum Gasteiger partial charge on any atom is -0.478 e. The number of hydrogen-bond donors (Lipinski definition) is 2. The number of pyridine rings is 1. The molecule has 0 unspecified atom stereocenters. The molecule has 0 fully saturated rings. The molecule has 1 aromatic rings. The second-order valence-electron chi connectivity index (χ2n) is 4.53. The van der Waals surface area contributed by atoms with E-state index in [1.807, 2.05) is 0 Å². The largest absolute Gasteiger partial charge is 0.478 e. The van der Waals surface area contributed by atoms with Gasteiger partial charge in [-0.3, -0.25) is 4.98 Å². The molecule has 0 aliphatic rings. The zero-order valence-electron chi connectivity index (χ0n) is 11.0. The third-order valence-corrected chi connectivity index (χ3v) is 2.59. The Hall–Kier alpha value is -1.46. The molecule has 0 saturated heterocycles. The Kier molecular flexibility index (Phi) is 6.32. The number of unbranched alkanes of at least 4 members (excludes halogenated alkanes) is 1. The quantitative estimate of drug-likeness (QED) is 0.680. The Bertz CT molecular complexity index is 363. The molecule has 0 radical (unpaired) electrons. The van der Waals surface area contributed by atoms with Crippen LogP contribution >= 0.6 is 0 Å². The maximum atomic E-state index is 10.6. The van der Waals surface area contributed by atoms with Crippen LogP contribution in [0.5, 0.6) is 0 Å². The maximum Gasteiger partial charge on any atom is 0.337 e. The van der Waals surface area contributed by atoms with Crippen molar-refractivity contribution in [3.05, 3.63) is 29.6 Å². The lowest BCUT2D eigenvalue weighted by molar-refractivity contribution is 0.0696. The third-order valence-electron chi connectivity index (χ3n) is 2.59. The highest BCUT2D eigenvalue weighted by Gasteiger charge is 2.02. The lowest BCUT2D eigenvalue weighted by Gasteiger charge is -2.09. The van der Waals surface area contributed by atoms with E-state index in [4.69, 9.17) is 5.11 Å². The summed E-state index contributed by atoms with van der Waals surface area (Å²) in [6.07, 6.45) is 3.70. The molecule has 5 heteroatoms. The number of nitrogens with zero attached hydrogens (tertiary/aromatic N) is 2. The first kappa shape index (κ1) is 14.6. The first-order valence-corrected chi connectivity index (χ1v) is 6.13. The van der Waals surface area contributed by atoms with Gasteiger partial charge in [0, 0.05) is 12.7 Å². The molecule has 0 spiro atoms. The van der Waals surface area contributed by atoms with Crippen LogP contribution in [0.15, 0.2) is 18.3 Å². The summed E-state index contributed by atoms with van der Waals surface area (Å²) in [5.74, 6) is -0.939. The number of carboxylic acid groups (broad SMARTS) is 1. The van der Waals surface area contributed by atoms with Gasteiger partial charge in [0.05, 0.1) is 11.3 Å². The Morgan fingerprint density at radius 3 is 2.72 bits per heavy atom. The smallest absolute Gasteiger partial charge is 0.337 e. The normalized spacial score (nSPS) is 10.8. The number of aromatic carboxylic acids is 1. The van der Waals surface area contributed by atoms with Crippen molar-refractivity contribution >= 4 is 5.97 Å². The van der Waals surface area contributed by atoms with Crippen molar-refractivity contribution in [3.8, 4) is 0 Å². The van der Waals surface area contributed by atoms with Crippen LogP contribution in [0.25, 0.3) is 0 Å². The van der Waals surface area contributed by atoms with Crippen LogP contribution in [0, 0.1) is 0 Å². The van der Waals surface area contributed by atoms with E-state index < -0.39 is 5.97 Å². The zero-order valence-corrected chi connectivity index (χ0v) is 11.0. The fourth-order valence-corrected chi connectivity index (χ4v) is 1.55. The van der Waals surface area contributed by atoms with Gasteiger partial charge in [0.1, 0.15) is 0 Å². The standard InChI is InChI=1S/C13H21N3O2/c1-16(2)8-4-3-7-14-10-12-6-5-11(9-15-12)13(17)18/h5-6,9,14H,3-4,7-8,10H2,1-2H3,(H,17,18). The van der Waals surface area contributed by atoms with E-state index in [0.29, 0.717) is 6.54 Å². The minimum atomic E-state index is -0.939. The molecule has 0 saturated carbocycles. The molecule has 0 aliphatic heterocycles. The highest BCUT2D eigenvalue weighted by atomic mass is 16.4. The monoisotopic (exact) mass is 251 g/mol. The number of carboxylic acids is 1. The van der Waals surface area contributed by atoms with Crippen LogP contribution in [-0.2, 0) is 6.54 Å². The van der Waals surface area contributed by atoms with E-state index in [9.17, 15) is 4.79 Å². The predicted octanol–water partition coefficient (Wildman–Crippen LogP) is 1.21. The highest BCUT2D eigenvalue weighted by Crippen LogP contribution is 2.00. The highest BCUT2D eigenvalue weighted by molar-refractivity contribution is 5.87. The molecule has 2 N–H and O–H groups in total. The number of aromatic nitrogens is 1. The summed E-state index contributed by atoms with van der Waals surface area (Å²) < 4.78 is 0. The van der Waals surface area contributed by atoms with Crippen molar-refractivity contribution < 1.29 is 9.90 Å². The SMILES string of the molecule is CN(C)CCCCNCc1ccc(C(=O)O)cn1. The van der Waals surface area contributed by atoms with Crippen LogP contribution in [0.2, 0.25) is 0 Å². The summed E-state index contributed by atoms with van der Waals surface area (Å²) in [5, 5.41) is 12.0. The molecule has 1 heterocycles. The van der Waals surface area contributed by atoms with Crippen molar-refractivity contribution in [2.75, 3.05) is 27.2 Å². The van der Waals surface area contributed by atoms with E-state index in [2.05, 4.69) is 29.3 Å². The van der Waals surface area contributed by atoms with E-state index in [1.54, 1.807) is 12.1 Å². The Morgan fingerprint density at radius 1 is 1.39 bits per heavy atom. The van der Waals surface area contributed by atoms with Gasteiger partial charge in [0.15, 0.2) is 0 Å². The predicted molar refractivity (Wildman–Crippen MR) is 70.7 cm³/mol. The number of rotatable bonds is 8. The summed E-state index contributed by atoms with van der Waals surface area (Å²) in [6.45, 7) is 2.74. The Balaban J connectivity index is 2.17. The van der Waals surface area contributed by atoms with Crippen molar-refractivity contribution in [2.45, 2.75) is 19.4 Å². The molecular formula is C13H21N3O2. The van der Waals surface area contributed by atoms with E-state index in [-0.39, 0.29) is 5.56 Å². The van der Waals surface area contributed by atoms with Gasteiger partial charge < -0.3 is 15.3 Å². The second-order valence-corrected chi connectivity index (χ2v) is 4.53. The van der Waals surface area contributed by atoms with Gasteiger partial charge >= 0.3 is 5.97 Å². The Labute approximate surface area is 108 Å². The average molecular weight is 251 g/mol. The molecule has 0 aliphatic carbocycles. The van der Waals surface area contributed by atoms with Crippen LogP contribution in [0.4, 0.5) is 0 Å². The minimum absolute atomic E-state index is 0.227. The first-order chi connectivity index (χ1) is 8.59. The van der Waals surface area contributed by atoms with Crippen LogP contribution in [0.3, 0.4) is 0 Å². The summed E-state index contributed by atoms with van der Waals surface area (Å²) in [6, 6.07) is 3.33. The van der Waals surface area contributed by atoms with Gasteiger partial charge in [0.25, 0.3) is 0 Å². The van der Waals surface area contributed by atoms with E-state index in [1.165, 1.54) is 12.6 Å². The van der Waals surface area contributed by atoms with Crippen molar-refractivity contribution in [1.82, 2.24) is 15.2 Å². The number of nitrogens with one attached hydrogen (secondary N) is 1. The third kappa shape index (κ3) is 5.75. The molecular weight excluding hydrogens is 230 g/mol. The van der Waals surface area contributed by atoms with E-state index in [0.717, 1.165) is 25.2 Å². The zero-order chi connectivity index (χ0) is 13.4. The molecule has 0 atom stereocenters. The van der Waals surface area contributed by atoms with Crippen molar-refractivity contribution in [1.29, 1.82) is 0 Å². The second kappa shape index (κ2) is 7.79. The van der Waals surface area contributed by atoms with Gasteiger partial charge in [-0.15, -0.1) is 0 Å². The van der Waals surface area contributed by atoms with Crippen LogP contribution < -0.4 is 5.32 Å². The Morgan fingerprint density at radius 2 is 2.17 bits per heavy atom. The van der Waals surface area contributed by atoms with Gasteiger partial charge in [-0.25, -0.2) is 4.79 Å². The molecule has 0 amide bonds. The topological polar surface area (TPSA) is 65.5 Å². The lowest BCUT2D eigenvalue weighted by atomic mass is 10.2. The molecule has 100 valence electrons. The molecule has 18 heavy (non-hydrogen) atoms. The molecule has 5 nitrogen and oxygen atoms in total. The van der Waals surface area contributed by atoms with Gasteiger partial charge in [-0.2, -0.15) is 0 Å². The lowest BCUT2D eigenvalue weighted by Crippen LogP contribution is -2.18. The van der Waals surface area contributed by atoms with Gasteiger partial charge in [-0.05, 0) is 52.2 Å². The van der Waals surface area contributed by atoms with E-state index >= 15 is 0 Å². The maximum absolute atomic E-state index is 10.6. The fourth-order valence-electron chi connectivity index (χ4n) is 1.55. The van der Waals surface area contributed by atoms with Gasteiger partial charge in [-0.1, -0.05) is 0 Å². The van der Waals surface area contributed by atoms with Crippen LogP contribution in [-0.4, -0.2) is 48.1 Å².